The van der Waals surface area contributed by atoms with Gasteiger partial charge < -0.3 is 33.2 Å². The van der Waals surface area contributed by atoms with Crippen LogP contribution in [0.15, 0.2) is 24.3 Å². The Hall–Kier alpha value is -2.45. The summed E-state index contributed by atoms with van der Waals surface area (Å²) in [6.07, 6.45) is 2.77. The number of esters is 1. The highest BCUT2D eigenvalue weighted by molar-refractivity contribution is 6.22. The molecule has 7 bridgehead atoms. The minimum atomic E-state index is -0.820. The van der Waals surface area contributed by atoms with E-state index in [1.807, 2.05) is 14.2 Å². The predicted molar refractivity (Wildman–Crippen MR) is 177 cm³/mol. The van der Waals surface area contributed by atoms with Crippen LogP contribution < -0.4 is 4.90 Å². The Morgan fingerprint density at radius 1 is 1.04 bits per heavy atom. The first-order chi connectivity index (χ1) is 24.1. The van der Waals surface area contributed by atoms with E-state index in [1.54, 1.807) is 45.4 Å². The van der Waals surface area contributed by atoms with Gasteiger partial charge in [-0.1, -0.05) is 26.0 Å². The van der Waals surface area contributed by atoms with Crippen molar-refractivity contribution in [2.45, 2.75) is 87.6 Å². The summed E-state index contributed by atoms with van der Waals surface area (Å²) in [5.74, 6) is -1.22. The lowest BCUT2D eigenvalue weighted by Crippen LogP contribution is -2.81. The van der Waals surface area contributed by atoms with E-state index >= 15 is 0 Å². The molecule has 2 amide bonds. The van der Waals surface area contributed by atoms with Crippen molar-refractivity contribution in [1.82, 2.24) is 4.90 Å². The summed E-state index contributed by atoms with van der Waals surface area (Å²) in [6.45, 7) is 5.73. The average Bonchev–Trinajstić information content (AvgIpc) is 3.78. The molecule has 0 N–H and O–H groups in total. The monoisotopic (exact) mass is 694 g/mol. The molecule has 1 aromatic carbocycles. The molecule has 5 aliphatic carbocycles. The van der Waals surface area contributed by atoms with Crippen LogP contribution in [-0.4, -0.2) is 119 Å². The lowest BCUT2D eigenvalue weighted by Gasteiger charge is -2.70. The van der Waals surface area contributed by atoms with Gasteiger partial charge in [-0.15, -0.1) is 0 Å². The number of rotatable bonds is 9. The first-order valence-electron chi connectivity index (χ1n) is 18.4. The van der Waals surface area contributed by atoms with E-state index in [2.05, 4.69) is 11.8 Å². The van der Waals surface area contributed by atoms with Crippen LogP contribution in [0.1, 0.15) is 56.3 Å². The minimum absolute atomic E-state index is 0.0457. The van der Waals surface area contributed by atoms with E-state index in [0.717, 1.165) is 30.7 Å². The van der Waals surface area contributed by atoms with Crippen LogP contribution in [0, 0.1) is 40.4 Å². The van der Waals surface area contributed by atoms with Gasteiger partial charge in [-0.2, -0.15) is 0 Å². The molecule has 3 heterocycles. The molecule has 50 heavy (non-hydrogen) atoms. The molecule has 0 radical (unpaired) electrons. The summed E-state index contributed by atoms with van der Waals surface area (Å²) in [5.41, 5.74) is -1.91. The van der Waals surface area contributed by atoms with Crippen LogP contribution in [0.3, 0.4) is 0 Å². The smallest absolute Gasteiger partial charge is 0.340 e. The topological polar surface area (TPSA) is 122 Å². The third kappa shape index (κ3) is 3.64. The van der Waals surface area contributed by atoms with Crippen LogP contribution in [0.4, 0.5) is 5.69 Å². The number of ether oxygens (including phenoxy) is 7. The molecule has 1 aromatic rings. The van der Waals surface area contributed by atoms with Gasteiger partial charge in [0.15, 0.2) is 0 Å². The summed E-state index contributed by atoms with van der Waals surface area (Å²) < 4.78 is 46.5. The number of imide groups is 1. The maximum absolute atomic E-state index is 14.2. The van der Waals surface area contributed by atoms with Gasteiger partial charge in [0.05, 0.1) is 48.3 Å². The Balaban J connectivity index is 1.16. The fraction of sp³-hybridized carbons (Fsp3) is 0.763. The van der Waals surface area contributed by atoms with Gasteiger partial charge in [-0.3, -0.25) is 14.5 Å². The molecule has 5 saturated carbocycles. The summed E-state index contributed by atoms with van der Waals surface area (Å²) >= 11 is 0. The number of likely N-dealkylation sites (N-methyl/N-ethyl adjacent to an activating group) is 1. The van der Waals surface area contributed by atoms with Crippen molar-refractivity contribution in [3.05, 3.63) is 29.8 Å². The lowest BCUT2D eigenvalue weighted by molar-refractivity contribution is -0.286. The fourth-order valence-electron chi connectivity index (χ4n) is 13.9. The first-order valence-corrected chi connectivity index (χ1v) is 18.4. The quantitative estimate of drug-likeness (QED) is 0.280. The number of para-hydroxylation sites is 1. The SMILES string of the molecule is CCN1C[C@@]2(COC(=O)c3ccccc3N3C(=O)CC(C)C3=O)CC[C@@H](OC)[C@]34C1[C@@]1(OCO[C@]15C[C@@H](OC)[C@@H]1C[C@H]3[C@H]5[C@@H]1OC)[C@@H](OC)[C@@H]24. The molecule has 12 nitrogen and oxygen atoms in total. The van der Waals surface area contributed by atoms with Crippen molar-refractivity contribution in [3.63, 3.8) is 0 Å². The summed E-state index contributed by atoms with van der Waals surface area (Å²) in [6, 6.07) is 6.72. The van der Waals surface area contributed by atoms with Gasteiger partial charge in [0.25, 0.3) is 0 Å². The second kappa shape index (κ2) is 11.3. The number of amides is 2. The van der Waals surface area contributed by atoms with Crippen molar-refractivity contribution in [2.75, 3.05) is 59.8 Å². The number of benzene rings is 1. The van der Waals surface area contributed by atoms with E-state index < -0.39 is 33.9 Å². The Labute approximate surface area is 293 Å². The molecule has 8 fully saturated rings. The van der Waals surface area contributed by atoms with Crippen molar-refractivity contribution < 1.29 is 47.5 Å². The normalized spacial score (nSPS) is 48.3. The second-order valence-corrected chi connectivity index (χ2v) is 16.3. The van der Waals surface area contributed by atoms with Crippen LogP contribution in [-0.2, 0) is 42.7 Å². The molecule has 2 unspecified atom stereocenters. The molecule has 14 atom stereocenters. The molecular formula is C38H50N2O10. The summed E-state index contributed by atoms with van der Waals surface area (Å²) in [7, 11) is 7.24. The van der Waals surface area contributed by atoms with E-state index in [4.69, 9.17) is 33.2 Å². The van der Waals surface area contributed by atoms with Gasteiger partial charge in [0.1, 0.15) is 18.0 Å². The number of nitrogens with zero attached hydrogens (tertiary/aromatic N) is 2. The number of carbonyl (C=O) groups excluding carboxylic acids is 3. The van der Waals surface area contributed by atoms with Crippen LogP contribution in [0.2, 0.25) is 0 Å². The van der Waals surface area contributed by atoms with Gasteiger partial charge in [0, 0.05) is 82.3 Å². The van der Waals surface area contributed by atoms with E-state index in [-0.39, 0.29) is 97.0 Å². The van der Waals surface area contributed by atoms with Crippen molar-refractivity contribution in [2.24, 2.45) is 40.4 Å². The third-order valence-electron chi connectivity index (χ3n) is 15.1. The molecular weight excluding hydrogens is 644 g/mol. The van der Waals surface area contributed by atoms with Crippen molar-refractivity contribution in [1.29, 1.82) is 0 Å². The Bertz CT molecular complexity index is 1610. The van der Waals surface area contributed by atoms with Gasteiger partial charge in [-0.25, -0.2) is 9.69 Å². The molecule has 3 saturated heterocycles. The van der Waals surface area contributed by atoms with Crippen LogP contribution in [0.5, 0.6) is 0 Å². The fourth-order valence-corrected chi connectivity index (χ4v) is 13.9. The highest BCUT2D eigenvalue weighted by Crippen LogP contribution is 2.82. The number of piperidine rings is 1. The molecule has 3 aliphatic heterocycles. The molecule has 3 spiro atoms. The molecule has 272 valence electrons. The van der Waals surface area contributed by atoms with E-state index in [0.29, 0.717) is 13.0 Å². The number of fused-ring (bicyclic) bond motifs is 1. The molecule has 12 heteroatoms. The van der Waals surface area contributed by atoms with E-state index in [1.165, 1.54) is 0 Å². The average molecular weight is 695 g/mol. The summed E-state index contributed by atoms with van der Waals surface area (Å²) in [4.78, 5) is 43.8. The number of anilines is 1. The molecule has 9 rings (SSSR count). The highest BCUT2D eigenvalue weighted by atomic mass is 16.7. The zero-order valence-electron chi connectivity index (χ0n) is 29.9. The number of likely N-dealkylation sites (tertiary alicyclic amines) is 1. The molecule has 0 aromatic heterocycles. The predicted octanol–water partition coefficient (Wildman–Crippen LogP) is 3.05. The van der Waals surface area contributed by atoms with Crippen molar-refractivity contribution in [3.8, 4) is 0 Å². The zero-order chi connectivity index (χ0) is 35.0. The standard InChI is InChI=1S/C38H50N2O10/c1-7-39-17-35(18-48-33(43)21-10-8-9-11-24(21)40-27(41)14-20(2)32(40)42)13-12-26(45-4)37-23-15-22-25(44-3)16-36(28(23)29(22)46-5)38(34(37)39,50-19-49-36)31(47-6)30(35)37/h8-11,20,22-23,25-26,28-31,34H,7,12-19H2,1-6H3/t20?,22-,23-,25+,26+,28-,29+,30-,31-,34?,35+,36-,37+,38-/m0/s1. The summed E-state index contributed by atoms with van der Waals surface area (Å²) in [5, 5.41) is 0. The lowest BCUT2D eigenvalue weighted by atomic mass is 9.42. The third-order valence-corrected chi connectivity index (χ3v) is 15.1. The largest absolute Gasteiger partial charge is 0.461 e. The number of carbonyl (C=O) groups is 3. The van der Waals surface area contributed by atoms with Crippen LogP contribution >= 0.6 is 0 Å². The Morgan fingerprint density at radius 3 is 2.52 bits per heavy atom. The number of methoxy groups -OCH3 is 4. The maximum Gasteiger partial charge on any atom is 0.340 e. The van der Waals surface area contributed by atoms with Crippen molar-refractivity contribution >= 4 is 23.5 Å². The maximum atomic E-state index is 14.2. The van der Waals surface area contributed by atoms with Gasteiger partial charge in [0.2, 0.25) is 11.8 Å². The second-order valence-electron chi connectivity index (χ2n) is 16.3. The van der Waals surface area contributed by atoms with Gasteiger partial charge in [-0.05, 0) is 43.9 Å². The van der Waals surface area contributed by atoms with Gasteiger partial charge >= 0.3 is 5.97 Å². The van der Waals surface area contributed by atoms with E-state index in [9.17, 15) is 14.4 Å². The Kier molecular flexibility index (Phi) is 7.53. The Morgan fingerprint density at radius 2 is 1.84 bits per heavy atom. The number of hydrogen-bond acceptors (Lipinski definition) is 11. The molecule has 8 aliphatic rings. The zero-order valence-corrected chi connectivity index (χ0v) is 29.9. The highest BCUT2D eigenvalue weighted by Gasteiger charge is 2.94. The first kappa shape index (κ1) is 33.4. The number of hydrogen-bond donors (Lipinski definition) is 0. The van der Waals surface area contributed by atoms with Crippen LogP contribution in [0.25, 0.3) is 0 Å². The minimum Gasteiger partial charge on any atom is -0.461 e.